The minimum atomic E-state index is -0.624. The van der Waals surface area contributed by atoms with Gasteiger partial charge >= 0.3 is 5.69 Å². The third kappa shape index (κ3) is 5.03. The molecule has 0 saturated carbocycles. The highest BCUT2D eigenvalue weighted by molar-refractivity contribution is 5.95. The summed E-state index contributed by atoms with van der Waals surface area (Å²) in [5.74, 6) is 1.46. The van der Waals surface area contributed by atoms with E-state index >= 15 is 0 Å². The van der Waals surface area contributed by atoms with Crippen LogP contribution in [0.3, 0.4) is 0 Å². The van der Waals surface area contributed by atoms with E-state index in [4.69, 9.17) is 25.4 Å². The van der Waals surface area contributed by atoms with Gasteiger partial charge in [-0.1, -0.05) is 0 Å². The summed E-state index contributed by atoms with van der Waals surface area (Å²) in [6.45, 7) is 0.274. The number of nitrogens with one attached hydrogen (secondary N) is 3. The SMILES string of the molecule is COCc1cc(C(Nc2ccc(C(=N)N)cc2)c2nn(-c3ncccn3)c(=O)[nH]2)cc(OC)c1OC. The van der Waals surface area contributed by atoms with Gasteiger partial charge < -0.3 is 25.3 Å². The normalized spacial score (nSPS) is 11.6. The van der Waals surface area contributed by atoms with E-state index in [0.29, 0.717) is 28.6 Å². The van der Waals surface area contributed by atoms with Crippen LogP contribution in [0.25, 0.3) is 5.95 Å². The molecule has 0 saturated heterocycles. The number of rotatable bonds is 10. The van der Waals surface area contributed by atoms with Gasteiger partial charge in [-0.15, -0.1) is 9.78 Å². The van der Waals surface area contributed by atoms with Gasteiger partial charge in [-0.25, -0.2) is 14.8 Å². The molecular weight excluding hydrogens is 464 g/mol. The Morgan fingerprint density at radius 1 is 1.14 bits per heavy atom. The summed E-state index contributed by atoms with van der Waals surface area (Å²) < 4.78 is 17.6. The van der Waals surface area contributed by atoms with Crippen LogP contribution in [-0.4, -0.2) is 51.9 Å². The van der Waals surface area contributed by atoms with Crippen molar-refractivity contribution in [2.45, 2.75) is 12.6 Å². The number of ether oxygens (including phenoxy) is 3. The van der Waals surface area contributed by atoms with Crippen molar-refractivity contribution in [1.29, 1.82) is 5.41 Å². The van der Waals surface area contributed by atoms with E-state index in [1.54, 1.807) is 57.7 Å². The van der Waals surface area contributed by atoms with Gasteiger partial charge in [0.05, 0.1) is 20.8 Å². The molecule has 0 spiro atoms. The summed E-state index contributed by atoms with van der Waals surface area (Å²) >= 11 is 0. The van der Waals surface area contributed by atoms with Crippen LogP contribution in [0.2, 0.25) is 0 Å². The number of anilines is 1. The molecule has 2 aromatic carbocycles. The molecule has 186 valence electrons. The number of H-pyrrole nitrogens is 1. The lowest BCUT2D eigenvalue weighted by Crippen LogP contribution is -2.18. The molecule has 2 heterocycles. The van der Waals surface area contributed by atoms with Gasteiger partial charge in [-0.2, -0.15) is 0 Å². The van der Waals surface area contributed by atoms with Gasteiger partial charge in [-0.3, -0.25) is 10.4 Å². The predicted octanol–water partition coefficient (Wildman–Crippen LogP) is 2.00. The molecular formula is C24H26N8O4. The van der Waals surface area contributed by atoms with E-state index < -0.39 is 11.7 Å². The van der Waals surface area contributed by atoms with Gasteiger partial charge in [-0.05, 0) is 48.0 Å². The Morgan fingerprint density at radius 3 is 2.47 bits per heavy atom. The van der Waals surface area contributed by atoms with Gasteiger partial charge in [0.1, 0.15) is 11.9 Å². The van der Waals surface area contributed by atoms with Crippen molar-refractivity contribution in [3.63, 3.8) is 0 Å². The standard InChI is InChI=1S/C24H26N8O4/c1-34-13-16-11-15(12-18(35-2)20(16)36-3)19(29-17-7-5-14(6-8-17)21(25)26)22-30-24(33)32(31-22)23-27-9-4-10-28-23/h4-12,19,29H,13H2,1-3H3,(H3,25,26)(H,30,31,33). The second kappa shape index (κ2) is 10.7. The molecule has 0 fully saturated rings. The molecule has 2 aromatic heterocycles. The molecule has 12 heteroatoms. The molecule has 4 rings (SSSR count). The van der Waals surface area contributed by atoms with Crippen molar-refractivity contribution in [2.24, 2.45) is 5.73 Å². The van der Waals surface area contributed by atoms with Crippen LogP contribution in [0.5, 0.6) is 11.5 Å². The molecule has 4 aromatic rings. The Kier molecular flexibility index (Phi) is 7.25. The number of nitrogen functional groups attached to an aromatic ring is 1. The lowest BCUT2D eigenvalue weighted by Gasteiger charge is -2.21. The Bertz CT molecular complexity index is 1400. The Labute approximate surface area is 206 Å². The zero-order valence-electron chi connectivity index (χ0n) is 20.0. The number of hydrogen-bond acceptors (Lipinski definition) is 9. The highest BCUT2D eigenvalue weighted by Crippen LogP contribution is 2.37. The quantitative estimate of drug-likeness (QED) is 0.192. The minimum absolute atomic E-state index is 0.0341. The topological polar surface area (TPSA) is 166 Å². The van der Waals surface area contributed by atoms with Gasteiger partial charge in [0.15, 0.2) is 17.3 Å². The number of nitrogens with two attached hydrogens (primary N) is 1. The zero-order chi connectivity index (χ0) is 25.7. The van der Waals surface area contributed by atoms with E-state index in [-0.39, 0.29) is 18.4 Å². The average molecular weight is 491 g/mol. The molecule has 0 aliphatic heterocycles. The van der Waals surface area contributed by atoms with E-state index in [0.717, 1.165) is 15.8 Å². The minimum Gasteiger partial charge on any atom is -0.493 e. The number of amidine groups is 1. The molecule has 1 unspecified atom stereocenters. The lowest BCUT2D eigenvalue weighted by atomic mass is 10.0. The maximum Gasteiger partial charge on any atom is 0.350 e. The van der Waals surface area contributed by atoms with Crippen molar-refractivity contribution >= 4 is 11.5 Å². The first-order valence-corrected chi connectivity index (χ1v) is 10.9. The highest BCUT2D eigenvalue weighted by atomic mass is 16.5. The number of aromatic nitrogens is 5. The molecule has 36 heavy (non-hydrogen) atoms. The Morgan fingerprint density at radius 2 is 1.86 bits per heavy atom. The monoisotopic (exact) mass is 490 g/mol. The van der Waals surface area contributed by atoms with Gasteiger partial charge in [0.2, 0.25) is 0 Å². The highest BCUT2D eigenvalue weighted by Gasteiger charge is 2.24. The number of hydrogen-bond donors (Lipinski definition) is 4. The second-order valence-electron chi connectivity index (χ2n) is 7.69. The number of methoxy groups -OCH3 is 3. The van der Waals surface area contributed by atoms with Gasteiger partial charge in [0.25, 0.3) is 5.95 Å². The van der Waals surface area contributed by atoms with Crippen LogP contribution >= 0.6 is 0 Å². The summed E-state index contributed by atoms with van der Waals surface area (Å²) in [4.78, 5) is 23.8. The molecule has 0 radical (unpaired) electrons. The first-order chi connectivity index (χ1) is 17.4. The largest absolute Gasteiger partial charge is 0.493 e. The average Bonchev–Trinajstić information content (AvgIpc) is 3.28. The predicted molar refractivity (Wildman–Crippen MR) is 133 cm³/mol. The summed E-state index contributed by atoms with van der Waals surface area (Å²) in [5, 5.41) is 15.5. The fourth-order valence-electron chi connectivity index (χ4n) is 3.73. The third-order valence-electron chi connectivity index (χ3n) is 5.37. The van der Waals surface area contributed by atoms with Crippen LogP contribution < -0.4 is 26.2 Å². The van der Waals surface area contributed by atoms with E-state index in [1.807, 2.05) is 6.07 Å². The van der Waals surface area contributed by atoms with E-state index in [9.17, 15) is 4.79 Å². The van der Waals surface area contributed by atoms with Gasteiger partial charge in [0, 0.05) is 36.3 Å². The summed E-state index contributed by atoms with van der Waals surface area (Å²) in [7, 11) is 4.69. The number of benzene rings is 2. The van der Waals surface area contributed by atoms with Crippen LogP contribution in [0.4, 0.5) is 5.69 Å². The van der Waals surface area contributed by atoms with Crippen molar-refractivity contribution in [2.75, 3.05) is 26.6 Å². The zero-order valence-corrected chi connectivity index (χ0v) is 20.0. The van der Waals surface area contributed by atoms with Crippen molar-refractivity contribution in [3.8, 4) is 17.4 Å². The summed E-state index contributed by atoms with van der Waals surface area (Å²) in [5.41, 5.74) is 7.87. The van der Waals surface area contributed by atoms with Crippen molar-refractivity contribution < 1.29 is 14.2 Å². The maximum atomic E-state index is 12.8. The van der Waals surface area contributed by atoms with E-state index in [2.05, 4.69) is 25.4 Å². The van der Waals surface area contributed by atoms with Crippen LogP contribution in [0, 0.1) is 5.41 Å². The van der Waals surface area contributed by atoms with Crippen molar-refractivity contribution in [3.05, 3.63) is 87.9 Å². The molecule has 0 amide bonds. The molecule has 1 atom stereocenters. The lowest BCUT2D eigenvalue weighted by molar-refractivity contribution is 0.180. The summed E-state index contributed by atoms with van der Waals surface area (Å²) in [6.07, 6.45) is 3.06. The molecule has 5 N–H and O–H groups in total. The van der Waals surface area contributed by atoms with Crippen LogP contribution in [-0.2, 0) is 11.3 Å². The molecule has 0 bridgehead atoms. The first kappa shape index (κ1) is 24.4. The number of nitrogens with zero attached hydrogens (tertiary/aromatic N) is 4. The Hall–Kier alpha value is -4.71. The third-order valence-corrected chi connectivity index (χ3v) is 5.37. The second-order valence-corrected chi connectivity index (χ2v) is 7.69. The Balaban J connectivity index is 1.84. The fraction of sp³-hybridized carbons (Fsp3) is 0.208. The van der Waals surface area contributed by atoms with Crippen molar-refractivity contribution in [1.82, 2.24) is 24.7 Å². The maximum absolute atomic E-state index is 12.8. The van der Waals surface area contributed by atoms with Crippen LogP contribution in [0.15, 0.2) is 59.7 Å². The first-order valence-electron chi connectivity index (χ1n) is 10.9. The smallest absolute Gasteiger partial charge is 0.350 e. The van der Waals surface area contributed by atoms with E-state index in [1.165, 1.54) is 12.4 Å². The molecule has 0 aliphatic carbocycles. The fourth-order valence-corrected chi connectivity index (χ4v) is 3.73. The molecule has 12 nitrogen and oxygen atoms in total. The van der Waals surface area contributed by atoms with Crippen LogP contribution in [0.1, 0.15) is 28.6 Å². The molecule has 0 aliphatic rings. The number of aromatic amines is 1. The summed E-state index contributed by atoms with van der Waals surface area (Å²) in [6, 6.07) is 11.8.